The highest BCUT2D eigenvalue weighted by Crippen LogP contribution is 2.50. The molecule has 0 radical (unpaired) electrons. The van der Waals surface area contributed by atoms with E-state index in [1.54, 1.807) is 38.5 Å². The first-order valence-corrected chi connectivity index (χ1v) is 13.5. The van der Waals surface area contributed by atoms with Gasteiger partial charge in [-0.15, -0.1) is 0 Å². The van der Waals surface area contributed by atoms with Gasteiger partial charge in [0.25, 0.3) is 0 Å². The predicted molar refractivity (Wildman–Crippen MR) is 145 cm³/mol. The Morgan fingerprint density at radius 3 is 2.67 bits per heavy atom. The summed E-state index contributed by atoms with van der Waals surface area (Å²) in [6.45, 7) is 1.74. The van der Waals surface area contributed by atoms with E-state index >= 15 is 0 Å². The van der Waals surface area contributed by atoms with Crippen LogP contribution in [0.1, 0.15) is 40.5 Å². The van der Waals surface area contributed by atoms with Crippen molar-refractivity contribution in [1.29, 1.82) is 0 Å². The van der Waals surface area contributed by atoms with Crippen LogP contribution in [0.4, 0.5) is 5.69 Å². The summed E-state index contributed by atoms with van der Waals surface area (Å²) in [7, 11) is 4.65. The molecular formula is C30H35N3O6. The zero-order valence-corrected chi connectivity index (χ0v) is 22.5. The van der Waals surface area contributed by atoms with E-state index < -0.39 is 24.1 Å². The average Bonchev–Trinajstić information content (AvgIpc) is 3.33. The van der Waals surface area contributed by atoms with Crippen LogP contribution in [-0.2, 0) is 25.4 Å². The normalized spacial score (nSPS) is 28.2. The molecule has 2 aliphatic heterocycles. The summed E-state index contributed by atoms with van der Waals surface area (Å²) in [5.74, 6) is -0.344. The van der Waals surface area contributed by atoms with Crippen molar-refractivity contribution in [2.75, 3.05) is 40.2 Å². The van der Waals surface area contributed by atoms with Crippen molar-refractivity contribution in [2.24, 2.45) is 17.8 Å². The molecule has 2 aromatic carbocycles. The molecule has 1 aromatic heterocycles. The first kappa shape index (κ1) is 25.7. The maximum absolute atomic E-state index is 13.3. The Balaban J connectivity index is 1.31. The van der Waals surface area contributed by atoms with Crippen molar-refractivity contribution < 1.29 is 28.5 Å². The zero-order chi connectivity index (χ0) is 27.3. The minimum absolute atomic E-state index is 0.0258. The lowest BCUT2D eigenvalue weighted by atomic mass is 9.63. The lowest BCUT2D eigenvalue weighted by molar-refractivity contribution is -0.176. The van der Waals surface area contributed by atoms with Crippen molar-refractivity contribution in [3.05, 3.63) is 59.3 Å². The van der Waals surface area contributed by atoms with Gasteiger partial charge < -0.3 is 29.7 Å². The number of carbonyl (C=O) groups is 2. The van der Waals surface area contributed by atoms with E-state index in [1.807, 2.05) is 12.1 Å². The largest absolute Gasteiger partial charge is 0.497 e. The highest BCUT2D eigenvalue weighted by atomic mass is 16.6. The molecule has 3 aromatic rings. The maximum atomic E-state index is 13.3. The smallest absolute Gasteiger partial charge is 0.338 e. The van der Waals surface area contributed by atoms with Crippen molar-refractivity contribution in [3.8, 4) is 5.75 Å². The third-order valence-corrected chi connectivity index (χ3v) is 8.98. The van der Waals surface area contributed by atoms with Gasteiger partial charge in [0, 0.05) is 48.5 Å². The van der Waals surface area contributed by atoms with Gasteiger partial charge in [-0.05, 0) is 67.0 Å². The Kier molecular flexibility index (Phi) is 6.72. The number of hydrogen-bond donors (Lipinski definition) is 2. The number of nitrogens with one attached hydrogen (secondary N) is 1. The number of anilines is 1. The van der Waals surface area contributed by atoms with Gasteiger partial charge in [-0.1, -0.05) is 6.07 Å². The van der Waals surface area contributed by atoms with Gasteiger partial charge >= 0.3 is 11.9 Å². The highest BCUT2D eigenvalue weighted by molar-refractivity contribution is 5.90. The number of methoxy groups -OCH3 is 3. The Morgan fingerprint density at radius 2 is 1.92 bits per heavy atom. The number of carbonyl (C=O) groups excluding carboxylic acids is 2. The van der Waals surface area contributed by atoms with Crippen LogP contribution in [0.15, 0.2) is 42.5 Å². The number of nitrogens with two attached hydrogens (primary N) is 1. The lowest BCUT2D eigenvalue weighted by Gasteiger charge is -2.52. The molecule has 3 N–H and O–H groups in total. The molecule has 2 fully saturated rings. The number of hydrogen-bond acceptors (Lipinski definition) is 8. The second-order valence-electron chi connectivity index (χ2n) is 10.9. The summed E-state index contributed by atoms with van der Waals surface area (Å²) in [6.07, 6.45) is 1.17. The molecule has 3 heterocycles. The number of nitrogen functional groups attached to an aromatic ring is 1. The monoisotopic (exact) mass is 533 g/mol. The standard InChI is InChI=1S/C30H35N3O6/c1-36-19-7-8-20-21-9-10-33-15-17-12-25(39-29(34)16-5-4-6-18(31)11-16)28(37-2)26(30(35)38-3)22(17)14-24(33)27(21)32-23(20)13-19/h4-8,11,13,17,22,24-26,28,32H,9-10,12,14-15,31H2,1-3H3/t17-,22-,24+,25+,26-,28+/m1/s1. The Hall–Kier alpha value is -3.56. The highest BCUT2D eigenvalue weighted by Gasteiger charge is 2.54. The third kappa shape index (κ3) is 4.43. The van der Waals surface area contributed by atoms with Gasteiger partial charge in [-0.2, -0.15) is 0 Å². The molecule has 1 saturated carbocycles. The van der Waals surface area contributed by atoms with E-state index in [2.05, 4.69) is 16.0 Å². The number of ether oxygens (including phenoxy) is 4. The molecule has 6 atom stereocenters. The summed E-state index contributed by atoms with van der Waals surface area (Å²) < 4.78 is 22.6. The fraction of sp³-hybridized carbons (Fsp3) is 0.467. The van der Waals surface area contributed by atoms with E-state index in [9.17, 15) is 9.59 Å². The molecule has 1 aliphatic carbocycles. The molecule has 206 valence electrons. The van der Waals surface area contributed by atoms with E-state index in [0.29, 0.717) is 17.7 Å². The molecule has 9 heteroatoms. The first-order chi connectivity index (χ1) is 18.9. The minimum Gasteiger partial charge on any atom is -0.497 e. The average molecular weight is 534 g/mol. The number of benzene rings is 2. The number of H-pyrrole nitrogens is 1. The summed E-state index contributed by atoms with van der Waals surface area (Å²) in [4.78, 5) is 32.5. The van der Waals surface area contributed by atoms with E-state index in [0.717, 1.165) is 37.2 Å². The number of piperidine rings is 1. The summed E-state index contributed by atoms with van der Waals surface area (Å²) in [5, 5.41) is 1.23. The van der Waals surface area contributed by atoms with Gasteiger partial charge in [0.1, 0.15) is 18.0 Å². The van der Waals surface area contributed by atoms with E-state index in [-0.39, 0.29) is 23.8 Å². The number of aromatic nitrogens is 1. The topological polar surface area (TPSA) is 116 Å². The van der Waals surface area contributed by atoms with Crippen LogP contribution in [0, 0.1) is 17.8 Å². The molecule has 0 spiro atoms. The number of aromatic amines is 1. The van der Waals surface area contributed by atoms with Crippen molar-refractivity contribution in [1.82, 2.24) is 9.88 Å². The van der Waals surface area contributed by atoms with E-state index in [1.165, 1.54) is 23.8 Å². The van der Waals surface area contributed by atoms with Crippen LogP contribution in [0.3, 0.4) is 0 Å². The van der Waals surface area contributed by atoms with Gasteiger partial charge in [0.05, 0.1) is 31.7 Å². The molecular weight excluding hydrogens is 498 g/mol. The van der Waals surface area contributed by atoms with Crippen molar-refractivity contribution in [3.63, 3.8) is 0 Å². The second-order valence-corrected chi connectivity index (χ2v) is 10.9. The molecule has 6 rings (SSSR count). The summed E-state index contributed by atoms with van der Waals surface area (Å²) in [5.41, 5.74) is 10.4. The van der Waals surface area contributed by atoms with Crippen LogP contribution < -0.4 is 10.5 Å². The fourth-order valence-electron chi connectivity index (χ4n) is 7.23. The zero-order valence-electron chi connectivity index (χ0n) is 22.5. The van der Waals surface area contributed by atoms with Crippen LogP contribution >= 0.6 is 0 Å². The minimum atomic E-state index is -0.606. The Labute approximate surface area is 227 Å². The molecule has 0 bridgehead atoms. The predicted octanol–water partition coefficient (Wildman–Crippen LogP) is 3.73. The van der Waals surface area contributed by atoms with Crippen LogP contribution in [0.2, 0.25) is 0 Å². The van der Waals surface area contributed by atoms with Gasteiger partial charge in [-0.25, -0.2) is 4.79 Å². The van der Waals surface area contributed by atoms with Crippen LogP contribution in [-0.4, -0.2) is 68.4 Å². The number of fused-ring (bicyclic) bond motifs is 6. The number of nitrogens with zero attached hydrogens (tertiary/aromatic N) is 1. The summed E-state index contributed by atoms with van der Waals surface area (Å²) in [6, 6.07) is 13.0. The molecule has 9 nitrogen and oxygen atoms in total. The van der Waals surface area contributed by atoms with Crippen molar-refractivity contribution in [2.45, 2.75) is 37.5 Å². The molecule has 0 unspecified atom stereocenters. The molecule has 3 aliphatic rings. The van der Waals surface area contributed by atoms with Crippen LogP contribution in [0.5, 0.6) is 5.75 Å². The fourth-order valence-corrected chi connectivity index (χ4v) is 7.23. The molecule has 39 heavy (non-hydrogen) atoms. The summed E-state index contributed by atoms with van der Waals surface area (Å²) >= 11 is 0. The quantitative estimate of drug-likeness (QED) is 0.377. The third-order valence-electron chi connectivity index (χ3n) is 8.98. The second kappa shape index (κ2) is 10.2. The molecule has 1 saturated heterocycles. The van der Waals surface area contributed by atoms with Gasteiger partial charge in [-0.3, -0.25) is 9.69 Å². The van der Waals surface area contributed by atoms with Crippen LogP contribution in [0.25, 0.3) is 10.9 Å². The lowest BCUT2D eigenvalue weighted by Crippen LogP contribution is -2.58. The number of rotatable bonds is 5. The maximum Gasteiger partial charge on any atom is 0.338 e. The van der Waals surface area contributed by atoms with Gasteiger partial charge in [0.15, 0.2) is 0 Å². The first-order valence-electron chi connectivity index (χ1n) is 13.5. The van der Waals surface area contributed by atoms with Gasteiger partial charge in [0.2, 0.25) is 0 Å². The SMILES string of the molecule is COC(=O)[C@@H]1[C@@H]2C[C@H]3c4[nH]c5cc(OC)ccc5c4CCN3C[C@H]2C[C@H](OC(=O)c2cccc(N)c2)[C@@H]1OC. The van der Waals surface area contributed by atoms with E-state index in [4.69, 9.17) is 24.7 Å². The molecule has 0 amide bonds. The Bertz CT molecular complexity index is 1400. The van der Waals surface area contributed by atoms with Crippen molar-refractivity contribution >= 4 is 28.5 Å². The number of esters is 2. The Morgan fingerprint density at radius 1 is 1.08 bits per heavy atom.